The van der Waals surface area contributed by atoms with Crippen molar-refractivity contribution in [1.29, 1.82) is 0 Å². The van der Waals surface area contributed by atoms with Crippen LogP contribution in [0.3, 0.4) is 0 Å². The smallest absolute Gasteiger partial charge is 0.170 e. The Morgan fingerprint density at radius 3 is 0.902 bits per heavy atom. The first-order chi connectivity index (χ1) is 24.1. The quantitative estimate of drug-likeness (QED) is 0.109. The summed E-state index contributed by atoms with van der Waals surface area (Å²) in [6.45, 7) is 23.4. The number of quaternary nitrogens is 2. The molecule has 1 aliphatic heterocycles. The van der Waals surface area contributed by atoms with Crippen LogP contribution < -0.4 is 0 Å². The minimum atomic E-state index is -0.589. The van der Waals surface area contributed by atoms with Crippen molar-refractivity contribution in [3.63, 3.8) is 0 Å². The van der Waals surface area contributed by atoms with E-state index in [0.717, 1.165) is 61.1 Å². The summed E-state index contributed by atoms with van der Waals surface area (Å²) in [6.07, 6.45) is 1.71. The lowest BCUT2D eigenvalue weighted by atomic mass is 9.94. The molecule has 1 fully saturated rings. The lowest BCUT2D eigenvalue weighted by Crippen LogP contribution is -2.54. The van der Waals surface area contributed by atoms with Crippen LogP contribution in [0.15, 0.2) is 97.1 Å². The van der Waals surface area contributed by atoms with Crippen molar-refractivity contribution in [2.24, 2.45) is 11.8 Å². The van der Waals surface area contributed by atoms with Gasteiger partial charge >= 0.3 is 0 Å². The minimum absolute atomic E-state index is 0.0446. The molecule has 274 valence electrons. The number of likely N-dealkylation sites (N-methyl/N-ethyl adjacent to an activating group) is 2. The van der Waals surface area contributed by atoms with Crippen LogP contribution in [0.25, 0.3) is 0 Å². The van der Waals surface area contributed by atoms with Crippen LogP contribution in [-0.2, 0) is 35.7 Å². The maximum Gasteiger partial charge on any atom is 0.170 e. The van der Waals surface area contributed by atoms with Crippen LogP contribution in [-0.4, -0.2) is 54.1 Å². The van der Waals surface area contributed by atoms with E-state index in [1.54, 1.807) is 0 Å². The summed E-state index contributed by atoms with van der Waals surface area (Å²) in [6, 6.07) is 36.5. The van der Waals surface area contributed by atoms with Crippen molar-refractivity contribution in [2.45, 2.75) is 112 Å². The van der Waals surface area contributed by atoms with Crippen molar-refractivity contribution < 1.29 is 18.4 Å². The number of rotatable bonds is 16. The monoisotopic (exact) mass is 691 g/mol. The van der Waals surface area contributed by atoms with Gasteiger partial charge in [-0.15, -0.1) is 0 Å². The second kappa shape index (κ2) is 16.6. The molecule has 0 aromatic heterocycles. The third-order valence-corrected chi connectivity index (χ3v) is 10.6. The van der Waals surface area contributed by atoms with Gasteiger partial charge in [0.1, 0.15) is 51.5 Å². The molecule has 0 aliphatic carbocycles. The van der Waals surface area contributed by atoms with E-state index < -0.39 is 5.79 Å². The SMILES string of the molecule is Cc1ccc(C[N+](C)(Cc2ccc(C)cc2)C[C@@H]2OC(CC(C)C)(CC(C)C)O[C@H]2C[N+](C)(Cc2ccc(C)cc2)Cc2ccc(C)cc2)cc1. The van der Waals surface area contributed by atoms with Crippen LogP contribution in [0.5, 0.6) is 0 Å². The van der Waals surface area contributed by atoms with E-state index in [0.29, 0.717) is 11.8 Å². The first kappa shape index (κ1) is 38.9. The Balaban J connectivity index is 1.54. The molecule has 1 heterocycles. The number of benzene rings is 4. The second-order valence-electron chi connectivity index (χ2n) is 17.6. The van der Waals surface area contributed by atoms with Crippen molar-refractivity contribution >= 4 is 0 Å². The fraction of sp³-hybridized carbons (Fsp3) is 0.489. The Morgan fingerprint density at radius 2 is 0.686 bits per heavy atom. The van der Waals surface area contributed by atoms with Gasteiger partial charge in [0.15, 0.2) is 5.79 Å². The molecular formula is C47H66N2O2+2. The molecule has 0 N–H and O–H groups in total. The van der Waals surface area contributed by atoms with Gasteiger partial charge in [-0.05, 0) is 39.5 Å². The third kappa shape index (κ3) is 11.4. The van der Waals surface area contributed by atoms with E-state index in [9.17, 15) is 0 Å². The first-order valence-corrected chi connectivity index (χ1v) is 19.4. The van der Waals surface area contributed by atoms with E-state index >= 15 is 0 Å². The van der Waals surface area contributed by atoms with Gasteiger partial charge in [-0.25, -0.2) is 0 Å². The van der Waals surface area contributed by atoms with Crippen LogP contribution in [0.4, 0.5) is 0 Å². The van der Waals surface area contributed by atoms with Crippen molar-refractivity contribution in [1.82, 2.24) is 0 Å². The summed E-state index contributed by atoms with van der Waals surface area (Å²) in [5.74, 6) is 0.338. The normalized spacial score (nSPS) is 17.8. The summed E-state index contributed by atoms with van der Waals surface area (Å²) in [7, 11) is 4.86. The Morgan fingerprint density at radius 1 is 0.451 bits per heavy atom. The molecule has 2 atom stereocenters. The summed E-state index contributed by atoms with van der Waals surface area (Å²) >= 11 is 0. The van der Waals surface area contributed by atoms with E-state index in [1.165, 1.54) is 44.5 Å². The highest BCUT2D eigenvalue weighted by molar-refractivity contribution is 5.24. The molecule has 0 amide bonds. The number of nitrogens with zero attached hydrogens (tertiary/aromatic N) is 2. The lowest BCUT2D eigenvalue weighted by molar-refractivity contribution is -0.944. The first-order valence-electron chi connectivity index (χ1n) is 19.4. The van der Waals surface area contributed by atoms with Crippen molar-refractivity contribution in [2.75, 3.05) is 27.2 Å². The molecular weight excluding hydrogens is 625 g/mol. The maximum atomic E-state index is 7.42. The Labute approximate surface area is 310 Å². The van der Waals surface area contributed by atoms with E-state index in [2.05, 4.69) is 167 Å². The number of hydrogen-bond donors (Lipinski definition) is 0. The van der Waals surface area contributed by atoms with Crippen LogP contribution in [0, 0.1) is 39.5 Å². The predicted octanol–water partition coefficient (Wildman–Crippen LogP) is 10.5. The van der Waals surface area contributed by atoms with Gasteiger partial charge in [-0.2, -0.15) is 0 Å². The van der Waals surface area contributed by atoms with Crippen molar-refractivity contribution in [3.8, 4) is 0 Å². The molecule has 0 spiro atoms. The number of aryl methyl sites for hydroxylation is 4. The van der Waals surface area contributed by atoms with E-state index in [-0.39, 0.29) is 12.2 Å². The fourth-order valence-corrected chi connectivity index (χ4v) is 8.34. The molecule has 4 heteroatoms. The second-order valence-corrected chi connectivity index (χ2v) is 17.6. The van der Waals surface area contributed by atoms with E-state index in [4.69, 9.17) is 9.47 Å². The van der Waals surface area contributed by atoms with Gasteiger partial charge in [0.2, 0.25) is 0 Å². The average Bonchev–Trinajstić information content (AvgIpc) is 3.34. The zero-order valence-electron chi connectivity index (χ0n) is 33.4. The predicted molar refractivity (Wildman–Crippen MR) is 213 cm³/mol. The van der Waals surface area contributed by atoms with Crippen molar-refractivity contribution in [3.05, 3.63) is 142 Å². The molecule has 0 radical (unpaired) electrons. The number of ether oxygens (including phenoxy) is 2. The molecule has 1 aliphatic rings. The molecule has 4 aromatic carbocycles. The van der Waals surface area contributed by atoms with Gasteiger partial charge in [0, 0.05) is 35.1 Å². The van der Waals surface area contributed by atoms with Gasteiger partial charge in [-0.1, -0.05) is 147 Å². The minimum Gasteiger partial charge on any atom is -0.338 e. The van der Waals surface area contributed by atoms with Gasteiger partial charge in [0.05, 0.1) is 14.1 Å². The molecule has 0 bridgehead atoms. The summed E-state index contributed by atoms with van der Waals surface area (Å²) in [4.78, 5) is 0. The Bertz CT molecular complexity index is 1430. The fourth-order valence-electron chi connectivity index (χ4n) is 8.34. The number of hydrogen-bond acceptors (Lipinski definition) is 2. The Hall–Kier alpha value is -3.28. The molecule has 4 nitrogen and oxygen atoms in total. The largest absolute Gasteiger partial charge is 0.338 e. The molecule has 1 saturated heterocycles. The summed E-state index contributed by atoms with van der Waals surface area (Å²) < 4.78 is 16.5. The summed E-state index contributed by atoms with van der Waals surface area (Å²) in [5.41, 5.74) is 10.6. The highest BCUT2D eigenvalue weighted by Crippen LogP contribution is 2.41. The molecule has 0 saturated carbocycles. The zero-order valence-corrected chi connectivity index (χ0v) is 33.4. The van der Waals surface area contributed by atoms with Crippen LogP contribution in [0.2, 0.25) is 0 Å². The van der Waals surface area contributed by atoms with Gasteiger partial charge in [0.25, 0.3) is 0 Å². The van der Waals surface area contributed by atoms with Crippen LogP contribution >= 0.6 is 0 Å². The van der Waals surface area contributed by atoms with E-state index in [1.807, 2.05) is 0 Å². The van der Waals surface area contributed by atoms with Gasteiger partial charge < -0.3 is 18.4 Å². The molecule has 5 rings (SSSR count). The molecule has 0 unspecified atom stereocenters. The molecule has 4 aromatic rings. The molecule has 51 heavy (non-hydrogen) atoms. The Kier molecular flexibility index (Phi) is 12.7. The third-order valence-electron chi connectivity index (χ3n) is 10.6. The standard InChI is InChI=1S/C47H66N2O2/c1-35(2)27-47(28-36(3)4)50-45(33-48(9,29-41-19-11-37(5)12-20-41)30-42-21-13-38(6)14-22-42)46(51-47)34-49(10,31-43-23-15-39(7)16-24-43)32-44-25-17-40(8)18-26-44/h11-26,35-36,45-46H,27-34H2,1-10H3/q+2/t45-,46-/m0/s1. The zero-order chi connectivity index (χ0) is 36.8. The lowest BCUT2D eigenvalue weighted by Gasteiger charge is -2.40. The van der Waals surface area contributed by atoms with Crippen LogP contribution in [0.1, 0.15) is 85.0 Å². The summed E-state index contributed by atoms with van der Waals surface area (Å²) in [5, 5.41) is 0. The maximum absolute atomic E-state index is 7.42. The average molecular weight is 691 g/mol. The highest BCUT2D eigenvalue weighted by Gasteiger charge is 2.52. The van der Waals surface area contributed by atoms with Gasteiger partial charge in [-0.3, -0.25) is 0 Å². The highest BCUT2D eigenvalue weighted by atomic mass is 16.8. The topological polar surface area (TPSA) is 18.5 Å².